The summed E-state index contributed by atoms with van der Waals surface area (Å²) >= 11 is 0. The Bertz CT molecular complexity index is 723. The van der Waals surface area contributed by atoms with E-state index >= 15 is 0 Å². The van der Waals surface area contributed by atoms with Gasteiger partial charge in [0.2, 0.25) is 5.91 Å². The van der Waals surface area contributed by atoms with Crippen LogP contribution in [0.15, 0.2) is 59.6 Å². The van der Waals surface area contributed by atoms with Crippen molar-refractivity contribution >= 4 is 35.8 Å². The zero-order valence-electron chi connectivity index (χ0n) is 15.7. The van der Waals surface area contributed by atoms with E-state index in [4.69, 9.17) is 4.74 Å². The standard InChI is InChI=1S/C20H26N4O2.HI/c1-3-21-20(23-14-17-11-7-8-12-18(17)26-2)24-15-19(25)22-13-16-9-5-4-6-10-16;/h4-12H,3,13-15H2,1-2H3,(H,22,25)(H2,21,23,24);1H. The van der Waals surface area contributed by atoms with Crippen molar-refractivity contribution in [3.05, 3.63) is 65.7 Å². The Kier molecular flexibility index (Phi) is 10.9. The molecule has 0 heterocycles. The van der Waals surface area contributed by atoms with Gasteiger partial charge in [-0.05, 0) is 18.6 Å². The second-order valence-electron chi connectivity index (χ2n) is 5.62. The molecular formula is C20H27IN4O2. The van der Waals surface area contributed by atoms with Gasteiger partial charge >= 0.3 is 0 Å². The van der Waals surface area contributed by atoms with Gasteiger partial charge < -0.3 is 20.7 Å². The predicted molar refractivity (Wildman–Crippen MR) is 120 cm³/mol. The van der Waals surface area contributed by atoms with Crippen molar-refractivity contribution in [2.75, 3.05) is 20.2 Å². The van der Waals surface area contributed by atoms with Gasteiger partial charge in [-0.1, -0.05) is 48.5 Å². The summed E-state index contributed by atoms with van der Waals surface area (Å²) in [5, 5.41) is 9.07. The normalized spacial score (nSPS) is 10.5. The highest BCUT2D eigenvalue weighted by atomic mass is 127. The molecule has 2 aromatic rings. The lowest BCUT2D eigenvalue weighted by molar-refractivity contribution is -0.120. The molecule has 146 valence electrons. The number of carbonyl (C=O) groups excluding carboxylic acids is 1. The molecule has 0 spiro atoms. The van der Waals surface area contributed by atoms with Crippen molar-refractivity contribution in [3.63, 3.8) is 0 Å². The van der Waals surface area contributed by atoms with E-state index in [0.29, 0.717) is 25.6 Å². The Hall–Kier alpha value is -2.29. The second-order valence-corrected chi connectivity index (χ2v) is 5.62. The van der Waals surface area contributed by atoms with Gasteiger partial charge in [0, 0.05) is 18.7 Å². The molecule has 6 nitrogen and oxygen atoms in total. The minimum absolute atomic E-state index is 0. The summed E-state index contributed by atoms with van der Waals surface area (Å²) in [5.74, 6) is 1.30. The number of hydrogen-bond acceptors (Lipinski definition) is 3. The van der Waals surface area contributed by atoms with E-state index in [1.54, 1.807) is 7.11 Å². The van der Waals surface area contributed by atoms with E-state index in [1.165, 1.54) is 0 Å². The number of methoxy groups -OCH3 is 1. The number of amides is 1. The molecule has 3 N–H and O–H groups in total. The number of guanidine groups is 1. The highest BCUT2D eigenvalue weighted by molar-refractivity contribution is 14.0. The van der Waals surface area contributed by atoms with Gasteiger partial charge in [-0.15, -0.1) is 24.0 Å². The summed E-state index contributed by atoms with van der Waals surface area (Å²) in [6, 6.07) is 17.6. The largest absolute Gasteiger partial charge is 0.496 e. The van der Waals surface area contributed by atoms with Crippen LogP contribution in [-0.2, 0) is 17.9 Å². The number of ether oxygens (including phenoxy) is 1. The lowest BCUT2D eigenvalue weighted by Gasteiger charge is -2.12. The molecule has 0 aliphatic rings. The molecule has 0 bridgehead atoms. The summed E-state index contributed by atoms with van der Waals surface area (Å²) in [5.41, 5.74) is 2.05. The molecule has 0 unspecified atom stereocenters. The van der Waals surface area contributed by atoms with Gasteiger partial charge in [-0.25, -0.2) is 4.99 Å². The monoisotopic (exact) mass is 482 g/mol. The molecule has 27 heavy (non-hydrogen) atoms. The summed E-state index contributed by atoms with van der Waals surface area (Å²) in [4.78, 5) is 16.5. The Morgan fingerprint density at radius 1 is 1.00 bits per heavy atom. The predicted octanol–water partition coefficient (Wildman–Crippen LogP) is 2.68. The van der Waals surface area contributed by atoms with E-state index in [9.17, 15) is 4.79 Å². The Morgan fingerprint density at radius 3 is 2.41 bits per heavy atom. The van der Waals surface area contributed by atoms with Crippen molar-refractivity contribution in [2.24, 2.45) is 4.99 Å². The zero-order chi connectivity index (χ0) is 18.6. The topological polar surface area (TPSA) is 74.8 Å². The number of nitrogens with one attached hydrogen (secondary N) is 3. The molecule has 0 aliphatic carbocycles. The highest BCUT2D eigenvalue weighted by Gasteiger charge is 2.05. The van der Waals surface area contributed by atoms with Gasteiger partial charge in [0.25, 0.3) is 0 Å². The first kappa shape index (κ1) is 22.8. The maximum absolute atomic E-state index is 12.0. The number of para-hydroxylation sites is 1. The molecule has 2 aromatic carbocycles. The van der Waals surface area contributed by atoms with Crippen LogP contribution in [0.1, 0.15) is 18.1 Å². The maximum atomic E-state index is 12.0. The highest BCUT2D eigenvalue weighted by Crippen LogP contribution is 2.17. The van der Waals surface area contributed by atoms with Gasteiger partial charge in [0.15, 0.2) is 5.96 Å². The SMILES string of the molecule is CCNC(=NCc1ccccc1OC)NCC(=O)NCc1ccccc1.I. The smallest absolute Gasteiger partial charge is 0.239 e. The molecule has 0 fully saturated rings. The van der Waals surface area contributed by atoms with Crippen LogP contribution in [-0.4, -0.2) is 32.1 Å². The Balaban J connectivity index is 0.00000364. The average Bonchev–Trinajstić information content (AvgIpc) is 2.69. The van der Waals surface area contributed by atoms with Crippen LogP contribution < -0.4 is 20.7 Å². The summed E-state index contributed by atoms with van der Waals surface area (Å²) in [7, 11) is 1.64. The minimum atomic E-state index is -0.0863. The molecule has 0 radical (unpaired) electrons. The number of halogens is 1. The maximum Gasteiger partial charge on any atom is 0.239 e. The van der Waals surface area contributed by atoms with Crippen LogP contribution in [0.3, 0.4) is 0 Å². The van der Waals surface area contributed by atoms with Gasteiger partial charge in [-0.2, -0.15) is 0 Å². The van der Waals surface area contributed by atoms with Gasteiger partial charge in [0.1, 0.15) is 5.75 Å². The molecule has 0 aliphatic heterocycles. The van der Waals surface area contributed by atoms with E-state index in [2.05, 4.69) is 20.9 Å². The molecular weight excluding hydrogens is 455 g/mol. The van der Waals surface area contributed by atoms with Crippen molar-refractivity contribution in [1.29, 1.82) is 0 Å². The first-order valence-electron chi connectivity index (χ1n) is 8.67. The van der Waals surface area contributed by atoms with Crippen LogP contribution >= 0.6 is 24.0 Å². The van der Waals surface area contributed by atoms with Crippen molar-refractivity contribution < 1.29 is 9.53 Å². The fourth-order valence-corrected chi connectivity index (χ4v) is 2.36. The Labute approximate surface area is 177 Å². The van der Waals surface area contributed by atoms with Crippen LogP contribution in [0.2, 0.25) is 0 Å². The third-order valence-corrected chi connectivity index (χ3v) is 3.69. The fourth-order valence-electron chi connectivity index (χ4n) is 2.36. The fraction of sp³-hybridized carbons (Fsp3) is 0.300. The second kappa shape index (κ2) is 13.0. The average molecular weight is 482 g/mol. The molecule has 7 heteroatoms. The number of carbonyl (C=O) groups is 1. The number of hydrogen-bond donors (Lipinski definition) is 3. The zero-order valence-corrected chi connectivity index (χ0v) is 18.0. The van der Waals surface area contributed by atoms with E-state index in [1.807, 2.05) is 61.5 Å². The van der Waals surface area contributed by atoms with Gasteiger partial charge in [-0.3, -0.25) is 4.79 Å². The lowest BCUT2D eigenvalue weighted by atomic mass is 10.2. The first-order chi connectivity index (χ1) is 12.7. The molecule has 0 atom stereocenters. The van der Waals surface area contributed by atoms with Crippen molar-refractivity contribution in [1.82, 2.24) is 16.0 Å². The first-order valence-corrected chi connectivity index (χ1v) is 8.67. The Morgan fingerprint density at radius 2 is 1.70 bits per heavy atom. The van der Waals surface area contributed by atoms with Crippen LogP contribution in [0.25, 0.3) is 0 Å². The van der Waals surface area contributed by atoms with Crippen LogP contribution in [0.4, 0.5) is 0 Å². The lowest BCUT2D eigenvalue weighted by Crippen LogP contribution is -2.43. The molecule has 1 amide bonds. The molecule has 0 aromatic heterocycles. The molecule has 2 rings (SSSR count). The number of rotatable bonds is 8. The number of aliphatic imine (C=N–C) groups is 1. The van der Waals surface area contributed by atoms with E-state index < -0.39 is 0 Å². The third kappa shape index (κ3) is 8.29. The van der Waals surface area contributed by atoms with E-state index in [-0.39, 0.29) is 36.4 Å². The number of benzene rings is 2. The quantitative estimate of drug-likeness (QED) is 0.308. The van der Waals surface area contributed by atoms with Crippen molar-refractivity contribution in [3.8, 4) is 5.75 Å². The molecule has 0 saturated heterocycles. The summed E-state index contributed by atoms with van der Waals surface area (Å²) < 4.78 is 5.34. The molecule has 0 saturated carbocycles. The summed E-state index contributed by atoms with van der Waals surface area (Å²) in [6.07, 6.45) is 0. The van der Waals surface area contributed by atoms with Crippen LogP contribution in [0, 0.1) is 0 Å². The van der Waals surface area contributed by atoms with Crippen molar-refractivity contribution in [2.45, 2.75) is 20.0 Å². The minimum Gasteiger partial charge on any atom is -0.496 e. The third-order valence-electron chi connectivity index (χ3n) is 3.69. The van der Waals surface area contributed by atoms with E-state index in [0.717, 1.165) is 16.9 Å². The number of nitrogens with zero attached hydrogens (tertiary/aromatic N) is 1. The summed E-state index contributed by atoms with van der Waals surface area (Å²) in [6.45, 7) is 3.82. The van der Waals surface area contributed by atoms with Gasteiger partial charge in [0.05, 0.1) is 20.2 Å². The van der Waals surface area contributed by atoms with Crippen LogP contribution in [0.5, 0.6) is 5.75 Å².